The van der Waals surface area contributed by atoms with Crippen LogP contribution in [0.5, 0.6) is 0 Å². The molecule has 2 aromatic rings. The number of nitrogens with zero attached hydrogens (tertiary/aromatic N) is 1. The summed E-state index contributed by atoms with van der Waals surface area (Å²) in [6, 6.07) is 18.4. The fourth-order valence-electron chi connectivity index (χ4n) is 2.71. The molecule has 0 aliphatic rings. The lowest BCUT2D eigenvalue weighted by Gasteiger charge is -2.19. The number of benzene rings is 2. The molecule has 0 saturated heterocycles. The maximum atomic E-state index is 12.7. The van der Waals surface area contributed by atoms with Gasteiger partial charge < -0.3 is 0 Å². The van der Waals surface area contributed by atoms with Crippen molar-refractivity contribution in [1.29, 1.82) is 0 Å². The molecule has 0 atom stereocenters. The SMILES string of the molecule is CCOP(=O)(N/N=C(/Cc1ccc(C(C)(C)C)cc1)c1ccccc1)OCC. The predicted molar refractivity (Wildman–Crippen MR) is 116 cm³/mol. The average molecular weight is 402 g/mol. The molecule has 1 N–H and O–H groups in total. The zero-order valence-corrected chi connectivity index (χ0v) is 18.3. The molecule has 28 heavy (non-hydrogen) atoms. The summed E-state index contributed by atoms with van der Waals surface area (Å²) in [6.07, 6.45) is 0.597. The van der Waals surface area contributed by atoms with Crippen LogP contribution in [0.3, 0.4) is 0 Å². The zero-order valence-electron chi connectivity index (χ0n) is 17.4. The summed E-state index contributed by atoms with van der Waals surface area (Å²) in [4.78, 5) is 0. The van der Waals surface area contributed by atoms with E-state index in [1.807, 2.05) is 30.3 Å². The lowest BCUT2D eigenvalue weighted by atomic mass is 9.86. The maximum absolute atomic E-state index is 12.7. The fraction of sp³-hybridized carbons (Fsp3) is 0.409. The smallest absolute Gasteiger partial charge is 0.292 e. The van der Waals surface area contributed by atoms with Crippen LogP contribution in [0.15, 0.2) is 59.7 Å². The Morgan fingerprint density at radius 2 is 1.54 bits per heavy atom. The Hall–Kier alpha value is -1.94. The minimum Gasteiger partial charge on any atom is -0.292 e. The Morgan fingerprint density at radius 3 is 2.04 bits per heavy atom. The standard InChI is InChI=1S/C22H31N2O3P/c1-6-26-28(25,27-7-2)24-23-21(19-11-9-8-10-12-19)17-18-13-15-20(16-14-18)22(3,4)5/h8-16H,6-7,17H2,1-5H3,(H,24,25)/b23-21-. The minimum atomic E-state index is -3.47. The van der Waals surface area contributed by atoms with Gasteiger partial charge in [-0.2, -0.15) is 5.10 Å². The van der Waals surface area contributed by atoms with Crippen LogP contribution < -0.4 is 5.20 Å². The average Bonchev–Trinajstić information content (AvgIpc) is 2.66. The van der Waals surface area contributed by atoms with Crippen LogP contribution in [0.4, 0.5) is 0 Å². The van der Waals surface area contributed by atoms with E-state index in [4.69, 9.17) is 9.05 Å². The molecule has 0 amide bonds. The fourth-order valence-corrected chi connectivity index (χ4v) is 3.82. The second-order valence-corrected chi connectivity index (χ2v) is 9.19. The largest absolute Gasteiger partial charge is 0.448 e. The van der Waals surface area contributed by atoms with Crippen LogP contribution in [-0.4, -0.2) is 18.9 Å². The van der Waals surface area contributed by atoms with Crippen molar-refractivity contribution >= 4 is 13.5 Å². The Morgan fingerprint density at radius 1 is 0.964 bits per heavy atom. The van der Waals surface area contributed by atoms with Crippen LogP contribution >= 0.6 is 7.75 Å². The number of nitrogens with one attached hydrogen (secondary N) is 1. The van der Waals surface area contributed by atoms with Gasteiger partial charge in [-0.3, -0.25) is 9.05 Å². The van der Waals surface area contributed by atoms with Crippen molar-refractivity contribution in [3.8, 4) is 0 Å². The molecule has 0 saturated carbocycles. The summed E-state index contributed by atoms with van der Waals surface area (Å²) in [5.41, 5.74) is 4.24. The third kappa shape index (κ3) is 6.59. The van der Waals surface area contributed by atoms with Gasteiger partial charge in [0.05, 0.1) is 18.9 Å². The summed E-state index contributed by atoms with van der Waals surface area (Å²) in [7, 11) is -3.47. The molecule has 6 heteroatoms. The predicted octanol–water partition coefficient (Wildman–Crippen LogP) is 5.70. The van der Waals surface area contributed by atoms with E-state index in [1.54, 1.807) is 13.8 Å². The molecule has 0 heterocycles. The molecule has 5 nitrogen and oxygen atoms in total. The van der Waals surface area contributed by atoms with Crippen molar-refractivity contribution in [1.82, 2.24) is 5.20 Å². The summed E-state index contributed by atoms with van der Waals surface area (Å²) < 4.78 is 23.2. The molecule has 0 fully saturated rings. The first-order valence-corrected chi connectivity index (χ1v) is 11.2. The summed E-state index contributed by atoms with van der Waals surface area (Å²) in [5.74, 6) is 0. The minimum absolute atomic E-state index is 0.109. The van der Waals surface area contributed by atoms with Crippen molar-refractivity contribution in [2.24, 2.45) is 5.10 Å². The number of rotatable bonds is 9. The Kier molecular flexibility index (Phi) is 7.99. The normalized spacial score (nSPS) is 12.8. The molecule has 0 bridgehead atoms. The van der Waals surface area contributed by atoms with Crippen LogP contribution in [0.25, 0.3) is 0 Å². The Balaban J connectivity index is 2.29. The van der Waals surface area contributed by atoms with Crippen LogP contribution in [0.2, 0.25) is 0 Å². The van der Waals surface area contributed by atoms with Crippen molar-refractivity contribution in [2.75, 3.05) is 13.2 Å². The van der Waals surface area contributed by atoms with E-state index in [2.05, 4.69) is 55.3 Å². The van der Waals surface area contributed by atoms with Gasteiger partial charge in [0, 0.05) is 6.42 Å². The van der Waals surface area contributed by atoms with E-state index in [0.717, 1.165) is 16.8 Å². The maximum Gasteiger partial charge on any atom is 0.448 e. The molecule has 0 spiro atoms. The molecule has 152 valence electrons. The zero-order chi connectivity index (χ0) is 20.6. The third-order valence-electron chi connectivity index (χ3n) is 4.20. The highest BCUT2D eigenvalue weighted by atomic mass is 31.2. The van der Waals surface area contributed by atoms with E-state index >= 15 is 0 Å². The van der Waals surface area contributed by atoms with Crippen molar-refractivity contribution in [3.05, 3.63) is 71.3 Å². The highest BCUT2D eigenvalue weighted by molar-refractivity contribution is 7.51. The van der Waals surface area contributed by atoms with Gasteiger partial charge in [0.2, 0.25) is 0 Å². The second kappa shape index (κ2) is 10.0. The molecular formula is C22H31N2O3P. The second-order valence-electron chi connectivity index (χ2n) is 7.48. The molecular weight excluding hydrogens is 371 g/mol. The Bertz CT molecular complexity index is 802. The van der Waals surface area contributed by atoms with Gasteiger partial charge in [0.1, 0.15) is 0 Å². The summed E-state index contributed by atoms with van der Waals surface area (Å²) in [6.45, 7) is 10.7. The van der Waals surface area contributed by atoms with Gasteiger partial charge in [-0.1, -0.05) is 75.4 Å². The molecule has 2 aromatic carbocycles. The number of hydrogen-bond donors (Lipinski definition) is 1. The Labute approximate surface area is 168 Å². The highest BCUT2D eigenvalue weighted by Crippen LogP contribution is 2.43. The van der Waals surface area contributed by atoms with Gasteiger partial charge in [-0.25, -0.2) is 9.76 Å². The summed E-state index contributed by atoms with van der Waals surface area (Å²) in [5, 5.41) is 7.07. The molecule has 0 radical (unpaired) electrons. The van der Waals surface area contributed by atoms with Gasteiger partial charge >= 0.3 is 7.75 Å². The third-order valence-corrected chi connectivity index (χ3v) is 5.75. The van der Waals surface area contributed by atoms with Crippen molar-refractivity contribution < 1.29 is 13.6 Å². The van der Waals surface area contributed by atoms with Gasteiger partial charge in [0.15, 0.2) is 0 Å². The van der Waals surface area contributed by atoms with E-state index in [0.29, 0.717) is 6.42 Å². The lowest BCUT2D eigenvalue weighted by Crippen LogP contribution is -2.15. The highest BCUT2D eigenvalue weighted by Gasteiger charge is 2.23. The van der Waals surface area contributed by atoms with Gasteiger partial charge in [-0.15, -0.1) is 0 Å². The first-order chi connectivity index (χ1) is 13.3. The topological polar surface area (TPSA) is 59.9 Å². The molecule has 0 unspecified atom stereocenters. The number of hydrazone groups is 1. The van der Waals surface area contributed by atoms with E-state index in [-0.39, 0.29) is 18.6 Å². The van der Waals surface area contributed by atoms with Gasteiger partial charge in [0.25, 0.3) is 0 Å². The molecule has 0 aliphatic carbocycles. The van der Waals surface area contributed by atoms with Crippen LogP contribution in [-0.2, 0) is 25.4 Å². The molecule has 2 rings (SSSR count). The first-order valence-electron chi connectivity index (χ1n) is 9.65. The quantitative estimate of drug-likeness (QED) is 0.332. The first kappa shape index (κ1) is 22.4. The molecule has 0 aliphatic heterocycles. The van der Waals surface area contributed by atoms with E-state index < -0.39 is 7.75 Å². The van der Waals surface area contributed by atoms with Crippen LogP contribution in [0, 0.1) is 0 Å². The summed E-state index contributed by atoms with van der Waals surface area (Å²) >= 11 is 0. The van der Waals surface area contributed by atoms with Crippen LogP contribution in [0.1, 0.15) is 51.3 Å². The molecule has 0 aromatic heterocycles. The number of hydrogen-bond acceptors (Lipinski definition) is 4. The van der Waals surface area contributed by atoms with E-state index in [1.165, 1.54) is 5.56 Å². The van der Waals surface area contributed by atoms with E-state index in [9.17, 15) is 4.57 Å². The monoisotopic (exact) mass is 402 g/mol. The van der Waals surface area contributed by atoms with Crippen molar-refractivity contribution in [2.45, 2.75) is 46.5 Å². The van der Waals surface area contributed by atoms with Gasteiger partial charge in [-0.05, 0) is 36.0 Å². The van der Waals surface area contributed by atoms with Crippen molar-refractivity contribution in [3.63, 3.8) is 0 Å². The lowest BCUT2D eigenvalue weighted by molar-refractivity contribution is 0.211.